The summed E-state index contributed by atoms with van der Waals surface area (Å²) >= 11 is 0. The van der Waals surface area contributed by atoms with Gasteiger partial charge in [0.05, 0.1) is 4.92 Å². The molecule has 0 spiro atoms. The number of para-hydroxylation sites is 1. The van der Waals surface area contributed by atoms with E-state index in [4.69, 9.17) is 0 Å². The Morgan fingerprint density at radius 1 is 0.914 bits per heavy atom. The number of benzene rings is 3. The summed E-state index contributed by atoms with van der Waals surface area (Å²) in [4.78, 5) is 25.6. The standard InChI is InChI=1S/C25H26N4O5S/c1-19-11-13-21(14-12-19)26-25(30)24(20-7-3-2-4-8-20)27-15-17-28(18-16-27)35(33,34)23-10-6-5-9-22(23)29(31)32/h2-14,24H,15-18H2,1H3,(H,26,30)/t24-/m1/s1. The monoisotopic (exact) mass is 494 g/mol. The summed E-state index contributed by atoms with van der Waals surface area (Å²) in [7, 11) is -4.06. The number of amides is 1. The Hall–Kier alpha value is -3.60. The zero-order chi connectivity index (χ0) is 25.0. The van der Waals surface area contributed by atoms with Crippen LogP contribution in [0.2, 0.25) is 0 Å². The molecule has 35 heavy (non-hydrogen) atoms. The van der Waals surface area contributed by atoms with Gasteiger partial charge in [0.25, 0.3) is 5.69 Å². The Kier molecular flexibility index (Phi) is 7.25. The van der Waals surface area contributed by atoms with Gasteiger partial charge in [-0.25, -0.2) is 8.42 Å². The van der Waals surface area contributed by atoms with Crippen LogP contribution < -0.4 is 5.32 Å². The average Bonchev–Trinajstić information content (AvgIpc) is 2.86. The Morgan fingerprint density at radius 2 is 1.51 bits per heavy atom. The number of hydrogen-bond donors (Lipinski definition) is 1. The summed E-state index contributed by atoms with van der Waals surface area (Å²) in [6.07, 6.45) is 0. The summed E-state index contributed by atoms with van der Waals surface area (Å²) < 4.78 is 27.6. The number of hydrogen-bond acceptors (Lipinski definition) is 6. The molecule has 10 heteroatoms. The lowest BCUT2D eigenvalue weighted by molar-refractivity contribution is -0.387. The first-order chi connectivity index (χ1) is 16.8. The summed E-state index contributed by atoms with van der Waals surface area (Å²) in [6, 6.07) is 21.6. The fraction of sp³-hybridized carbons (Fsp3) is 0.240. The number of carbonyl (C=O) groups is 1. The van der Waals surface area contributed by atoms with Crippen molar-refractivity contribution >= 4 is 27.3 Å². The lowest BCUT2D eigenvalue weighted by atomic mass is 10.0. The van der Waals surface area contributed by atoms with Gasteiger partial charge in [-0.2, -0.15) is 4.31 Å². The molecule has 0 radical (unpaired) electrons. The Labute approximate surface area is 204 Å². The van der Waals surface area contributed by atoms with Crippen molar-refractivity contribution in [1.29, 1.82) is 0 Å². The minimum Gasteiger partial charge on any atom is -0.324 e. The molecule has 182 valence electrons. The lowest BCUT2D eigenvalue weighted by Gasteiger charge is -2.38. The molecule has 9 nitrogen and oxygen atoms in total. The third-order valence-corrected chi connectivity index (χ3v) is 7.95. The van der Waals surface area contributed by atoms with Gasteiger partial charge in [0, 0.05) is 37.9 Å². The number of rotatable bonds is 7. The van der Waals surface area contributed by atoms with E-state index in [9.17, 15) is 23.3 Å². The molecule has 1 aliphatic heterocycles. The second-order valence-electron chi connectivity index (χ2n) is 8.33. The van der Waals surface area contributed by atoms with E-state index in [0.717, 1.165) is 11.1 Å². The minimum absolute atomic E-state index is 0.107. The molecule has 0 unspecified atom stereocenters. The molecule has 1 saturated heterocycles. The number of sulfonamides is 1. The van der Waals surface area contributed by atoms with E-state index >= 15 is 0 Å². The van der Waals surface area contributed by atoms with E-state index in [2.05, 4.69) is 5.32 Å². The average molecular weight is 495 g/mol. The van der Waals surface area contributed by atoms with Gasteiger partial charge in [-0.15, -0.1) is 0 Å². The smallest absolute Gasteiger partial charge is 0.289 e. The van der Waals surface area contributed by atoms with E-state index in [-0.39, 0.29) is 23.9 Å². The summed E-state index contributed by atoms with van der Waals surface area (Å²) in [5, 5.41) is 14.3. The normalized spacial score (nSPS) is 15.9. The maximum Gasteiger partial charge on any atom is 0.289 e. The molecule has 1 N–H and O–H groups in total. The number of aryl methyl sites for hydroxylation is 1. The van der Waals surface area contributed by atoms with Crippen molar-refractivity contribution in [2.75, 3.05) is 31.5 Å². The second-order valence-corrected chi connectivity index (χ2v) is 10.2. The van der Waals surface area contributed by atoms with Crippen molar-refractivity contribution in [2.45, 2.75) is 17.9 Å². The van der Waals surface area contributed by atoms with Crippen LogP contribution in [0.15, 0.2) is 83.8 Å². The van der Waals surface area contributed by atoms with Crippen molar-refractivity contribution in [3.05, 3.63) is 100 Å². The maximum absolute atomic E-state index is 13.4. The molecule has 0 saturated carbocycles. The Bertz CT molecular complexity index is 1310. The summed E-state index contributed by atoms with van der Waals surface area (Å²) in [5.74, 6) is -0.213. The van der Waals surface area contributed by atoms with E-state index in [0.29, 0.717) is 18.8 Å². The van der Waals surface area contributed by atoms with Crippen LogP contribution in [0.1, 0.15) is 17.2 Å². The molecular formula is C25H26N4O5S. The topological polar surface area (TPSA) is 113 Å². The zero-order valence-electron chi connectivity index (χ0n) is 19.2. The summed E-state index contributed by atoms with van der Waals surface area (Å²) in [6.45, 7) is 2.77. The largest absolute Gasteiger partial charge is 0.324 e. The number of nitrogens with one attached hydrogen (secondary N) is 1. The van der Waals surface area contributed by atoms with Gasteiger partial charge in [0.15, 0.2) is 4.90 Å². The van der Waals surface area contributed by atoms with Crippen molar-refractivity contribution in [1.82, 2.24) is 9.21 Å². The van der Waals surface area contributed by atoms with Crippen LogP contribution in [-0.2, 0) is 14.8 Å². The van der Waals surface area contributed by atoms with Gasteiger partial charge in [0.2, 0.25) is 15.9 Å². The highest BCUT2D eigenvalue weighted by Crippen LogP contribution is 2.29. The third kappa shape index (κ3) is 5.40. The molecule has 0 aliphatic carbocycles. The number of carbonyl (C=O) groups excluding carboxylic acids is 1. The Morgan fingerprint density at radius 3 is 2.14 bits per heavy atom. The van der Waals surface area contributed by atoms with Crippen molar-refractivity contribution in [3.63, 3.8) is 0 Å². The minimum atomic E-state index is -4.06. The van der Waals surface area contributed by atoms with E-state index in [1.807, 2.05) is 66.4 Å². The van der Waals surface area contributed by atoms with Crippen LogP contribution in [0, 0.1) is 17.0 Å². The molecular weight excluding hydrogens is 468 g/mol. The summed E-state index contributed by atoms with van der Waals surface area (Å²) in [5.41, 5.74) is 2.11. The molecule has 1 amide bonds. The first-order valence-electron chi connectivity index (χ1n) is 11.2. The molecule has 3 aromatic carbocycles. The molecule has 0 aromatic heterocycles. The van der Waals surface area contributed by atoms with Crippen LogP contribution in [0.4, 0.5) is 11.4 Å². The van der Waals surface area contributed by atoms with E-state index in [1.54, 1.807) is 0 Å². The highest BCUT2D eigenvalue weighted by molar-refractivity contribution is 7.89. The SMILES string of the molecule is Cc1ccc(NC(=O)[C@@H](c2ccccc2)N2CCN(S(=O)(=O)c3ccccc3[N+](=O)[O-])CC2)cc1. The molecule has 1 aliphatic rings. The molecule has 1 fully saturated rings. The van der Waals surface area contributed by atoms with Gasteiger partial charge in [-0.05, 0) is 30.7 Å². The van der Waals surface area contributed by atoms with Gasteiger partial charge >= 0.3 is 0 Å². The predicted octanol–water partition coefficient (Wildman–Crippen LogP) is 3.59. The fourth-order valence-electron chi connectivity index (χ4n) is 4.18. The van der Waals surface area contributed by atoms with Crippen molar-refractivity contribution in [2.24, 2.45) is 0 Å². The molecule has 1 heterocycles. The number of nitro benzene ring substituents is 1. The molecule has 1 atom stereocenters. The third-order valence-electron chi connectivity index (χ3n) is 6.00. The van der Waals surface area contributed by atoms with Gasteiger partial charge in [0.1, 0.15) is 6.04 Å². The maximum atomic E-state index is 13.4. The number of nitro groups is 1. The first kappa shape index (κ1) is 24.5. The molecule has 4 rings (SSSR count). The zero-order valence-corrected chi connectivity index (χ0v) is 20.0. The highest BCUT2D eigenvalue weighted by atomic mass is 32.2. The van der Waals surface area contributed by atoms with Crippen LogP contribution >= 0.6 is 0 Å². The Balaban J connectivity index is 1.54. The van der Waals surface area contributed by atoms with Crippen LogP contribution in [-0.4, -0.2) is 54.6 Å². The van der Waals surface area contributed by atoms with E-state index < -0.39 is 26.7 Å². The van der Waals surface area contributed by atoms with E-state index in [1.165, 1.54) is 28.6 Å². The lowest BCUT2D eigenvalue weighted by Crippen LogP contribution is -2.51. The number of anilines is 1. The van der Waals surface area contributed by atoms with Crippen molar-refractivity contribution in [3.8, 4) is 0 Å². The predicted molar refractivity (Wildman–Crippen MR) is 132 cm³/mol. The molecule has 0 bridgehead atoms. The molecule has 3 aromatic rings. The quantitative estimate of drug-likeness (QED) is 0.397. The van der Waals surface area contributed by atoms with Gasteiger partial charge < -0.3 is 5.32 Å². The van der Waals surface area contributed by atoms with Gasteiger partial charge in [-0.1, -0.05) is 60.2 Å². The number of nitrogens with zero attached hydrogens (tertiary/aromatic N) is 3. The fourth-order valence-corrected chi connectivity index (χ4v) is 5.76. The highest BCUT2D eigenvalue weighted by Gasteiger charge is 2.36. The van der Waals surface area contributed by atoms with Crippen LogP contribution in [0.5, 0.6) is 0 Å². The van der Waals surface area contributed by atoms with Crippen LogP contribution in [0.25, 0.3) is 0 Å². The van der Waals surface area contributed by atoms with Crippen molar-refractivity contribution < 1.29 is 18.1 Å². The van der Waals surface area contributed by atoms with Gasteiger partial charge in [-0.3, -0.25) is 19.8 Å². The van der Waals surface area contributed by atoms with Crippen LogP contribution in [0.3, 0.4) is 0 Å². The first-order valence-corrected chi connectivity index (χ1v) is 12.6. The second kappa shape index (κ2) is 10.3. The number of piperazine rings is 1.